The van der Waals surface area contributed by atoms with Gasteiger partial charge in [0, 0.05) is 13.2 Å². The van der Waals surface area contributed by atoms with E-state index in [0.717, 1.165) is 25.9 Å². The van der Waals surface area contributed by atoms with Gasteiger partial charge in [0.25, 0.3) is 0 Å². The fraction of sp³-hybridized carbons (Fsp3) is 0.875. The predicted molar refractivity (Wildman–Crippen MR) is 80.8 cm³/mol. The fourth-order valence-electron chi connectivity index (χ4n) is 3.23. The van der Waals surface area contributed by atoms with E-state index in [0.29, 0.717) is 13.0 Å². The Morgan fingerprint density at radius 2 is 2.10 bits per heavy atom. The number of hydrogen-bond donors (Lipinski definition) is 1. The number of ether oxygens (including phenoxy) is 1. The maximum atomic E-state index is 12.6. The van der Waals surface area contributed by atoms with Crippen LogP contribution in [0, 0.1) is 5.92 Å². The van der Waals surface area contributed by atoms with Gasteiger partial charge in [-0.1, -0.05) is 20.8 Å². The Morgan fingerprint density at radius 3 is 2.67 bits per heavy atom. The lowest BCUT2D eigenvalue weighted by molar-refractivity contribution is -0.151. The molecule has 2 amide bonds. The molecule has 0 spiro atoms. The van der Waals surface area contributed by atoms with Crippen LogP contribution in [0.5, 0.6) is 0 Å². The SMILES string of the molecule is CCC1C(=O)NC(C(C)C)C(=O)N1CCC1CCCCO1. The van der Waals surface area contributed by atoms with E-state index in [-0.39, 0.29) is 35.9 Å². The van der Waals surface area contributed by atoms with Crippen molar-refractivity contribution in [2.75, 3.05) is 13.2 Å². The van der Waals surface area contributed by atoms with Gasteiger partial charge in [-0.15, -0.1) is 0 Å². The summed E-state index contributed by atoms with van der Waals surface area (Å²) in [4.78, 5) is 26.6. The van der Waals surface area contributed by atoms with Gasteiger partial charge in [0.1, 0.15) is 12.1 Å². The quantitative estimate of drug-likeness (QED) is 0.840. The van der Waals surface area contributed by atoms with Crippen molar-refractivity contribution in [3.8, 4) is 0 Å². The number of rotatable bonds is 5. The molecule has 0 aromatic heterocycles. The summed E-state index contributed by atoms with van der Waals surface area (Å²) in [5.41, 5.74) is 0. The van der Waals surface area contributed by atoms with Gasteiger partial charge in [0.2, 0.25) is 11.8 Å². The summed E-state index contributed by atoms with van der Waals surface area (Å²) in [7, 11) is 0. The van der Waals surface area contributed by atoms with Crippen LogP contribution in [-0.4, -0.2) is 48.1 Å². The molecule has 2 saturated heterocycles. The molecule has 1 N–H and O–H groups in total. The molecular weight excluding hydrogens is 268 g/mol. The largest absolute Gasteiger partial charge is 0.378 e. The molecule has 0 aromatic rings. The van der Waals surface area contributed by atoms with Crippen LogP contribution in [0.1, 0.15) is 52.9 Å². The van der Waals surface area contributed by atoms with E-state index < -0.39 is 0 Å². The smallest absolute Gasteiger partial charge is 0.246 e. The van der Waals surface area contributed by atoms with Gasteiger partial charge in [-0.05, 0) is 38.0 Å². The average molecular weight is 296 g/mol. The topological polar surface area (TPSA) is 58.6 Å². The molecule has 2 rings (SSSR count). The van der Waals surface area contributed by atoms with Crippen LogP contribution in [-0.2, 0) is 14.3 Å². The summed E-state index contributed by atoms with van der Waals surface area (Å²) >= 11 is 0. The molecule has 0 bridgehead atoms. The van der Waals surface area contributed by atoms with Gasteiger partial charge < -0.3 is 15.0 Å². The maximum absolute atomic E-state index is 12.6. The van der Waals surface area contributed by atoms with E-state index in [1.807, 2.05) is 20.8 Å². The number of nitrogens with one attached hydrogen (secondary N) is 1. The highest BCUT2D eigenvalue weighted by Crippen LogP contribution is 2.21. The zero-order valence-corrected chi connectivity index (χ0v) is 13.4. The van der Waals surface area contributed by atoms with E-state index in [2.05, 4.69) is 5.32 Å². The van der Waals surface area contributed by atoms with E-state index in [9.17, 15) is 9.59 Å². The van der Waals surface area contributed by atoms with Gasteiger partial charge in [0.05, 0.1) is 6.10 Å². The Hall–Kier alpha value is -1.10. The van der Waals surface area contributed by atoms with Crippen LogP contribution in [0.2, 0.25) is 0 Å². The van der Waals surface area contributed by atoms with Crippen LogP contribution in [0.15, 0.2) is 0 Å². The second-order valence-corrected chi connectivity index (χ2v) is 6.46. The highest BCUT2D eigenvalue weighted by molar-refractivity contribution is 5.97. The van der Waals surface area contributed by atoms with E-state index >= 15 is 0 Å². The number of carbonyl (C=O) groups excluding carboxylic acids is 2. The Labute approximate surface area is 127 Å². The summed E-state index contributed by atoms with van der Waals surface area (Å²) in [5, 5.41) is 2.87. The van der Waals surface area contributed by atoms with Gasteiger partial charge in [0.15, 0.2) is 0 Å². The monoisotopic (exact) mass is 296 g/mol. The number of piperazine rings is 1. The van der Waals surface area contributed by atoms with Gasteiger partial charge in [-0.3, -0.25) is 9.59 Å². The normalized spacial score (nSPS) is 30.7. The molecule has 0 aliphatic carbocycles. The van der Waals surface area contributed by atoms with Crippen molar-refractivity contribution in [2.24, 2.45) is 5.92 Å². The second-order valence-electron chi connectivity index (χ2n) is 6.46. The minimum absolute atomic E-state index is 0.0136. The first-order valence-corrected chi connectivity index (χ1v) is 8.27. The van der Waals surface area contributed by atoms with Crippen molar-refractivity contribution in [2.45, 2.75) is 71.1 Å². The minimum Gasteiger partial charge on any atom is -0.378 e. The molecule has 3 unspecified atom stereocenters. The fourth-order valence-corrected chi connectivity index (χ4v) is 3.23. The Kier molecular flexibility index (Phi) is 5.62. The average Bonchev–Trinajstić information content (AvgIpc) is 2.48. The van der Waals surface area contributed by atoms with Crippen molar-refractivity contribution in [3.05, 3.63) is 0 Å². The number of hydrogen-bond acceptors (Lipinski definition) is 3. The third-order valence-electron chi connectivity index (χ3n) is 4.55. The van der Waals surface area contributed by atoms with Crippen molar-refractivity contribution < 1.29 is 14.3 Å². The van der Waals surface area contributed by atoms with Crippen LogP contribution in [0.4, 0.5) is 0 Å². The molecule has 5 heteroatoms. The lowest BCUT2D eigenvalue weighted by Gasteiger charge is -2.40. The summed E-state index contributed by atoms with van der Waals surface area (Å²) in [6.45, 7) is 7.34. The third kappa shape index (κ3) is 3.76. The Morgan fingerprint density at radius 1 is 1.33 bits per heavy atom. The lowest BCUT2D eigenvalue weighted by Crippen LogP contribution is -2.64. The molecule has 5 nitrogen and oxygen atoms in total. The molecule has 3 atom stereocenters. The highest BCUT2D eigenvalue weighted by Gasteiger charge is 2.40. The van der Waals surface area contributed by atoms with Gasteiger partial charge in [-0.25, -0.2) is 0 Å². The van der Waals surface area contributed by atoms with Crippen molar-refractivity contribution in [3.63, 3.8) is 0 Å². The Balaban J connectivity index is 2.01. The molecule has 0 radical (unpaired) electrons. The van der Waals surface area contributed by atoms with Gasteiger partial charge in [-0.2, -0.15) is 0 Å². The van der Waals surface area contributed by atoms with Crippen LogP contribution < -0.4 is 5.32 Å². The van der Waals surface area contributed by atoms with E-state index in [4.69, 9.17) is 4.74 Å². The maximum Gasteiger partial charge on any atom is 0.246 e. The van der Waals surface area contributed by atoms with Gasteiger partial charge >= 0.3 is 0 Å². The highest BCUT2D eigenvalue weighted by atomic mass is 16.5. The van der Waals surface area contributed by atoms with Crippen LogP contribution in [0.3, 0.4) is 0 Å². The zero-order chi connectivity index (χ0) is 15.4. The van der Waals surface area contributed by atoms with E-state index in [1.54, 1.807) is 4.90 Å². The van der Waals surface area contributed by atoms with Crippen molar-refractivity contribution in [1.82, 2.24) is 10.2 Å². The summed E-state index contributed by atoms with van der Waals surface area (Å²) in [6.07, 6.45) is 5.14. The number of amides is 2. The van der Waals surface area contributed by atoms with E-state index in [1.165, 1.54) is 6.42 Å². The summed E-state index contributed by atoms with van der Waals surface area (Å²) in [6, 6.07) is -0.705. The third-order valence-corrected chi connectivity index (χ3v) is 4.55. The first kappa shape index (κ1) is 16.3. The molecule has 0 saturated carbocycles. The Bertz CT molecular complexity index is 378. The molecular formula is C16H28N2O3. The molecule has 0 aromatic carbocycles. The number of carbonyl (C=O) groups is 2. The molecule has 2 aliphatic heterocycles. The van der Waals surface area contributed by atoms with Crippen molar-refractivity contribution in [1.29, 1.82) is 0 Å². The first-order chi connectivity index (χ1) is 10.0. The van der Waals surface area contributed by atoms with Crippen LogP contribution >= 0.6 is 0 Å². The molecule has 120 valence electrons. The van der Waals surface area contributed by atoms with Crippen molar-refractivity contribution >= 4 is 11.8 Å². The second kappa shape index (κ2) is 7.25. The zero-order valence-electron chi connectivity index (χ0n) is 13.4. The minimum atomic E-state index is -0.382. The molecule has 2 aliphatic rings. The summed E-state index contributed by atoms with van der Waals surface area (Å²) in [5.74, 6) is 0.167. The first-order valence-electron chi connectivity index (χ1n) is 8.27. The lowest BCUT2D eigenvalue weighted by atomic mass is 9.96. The molecule has 21 heavy (non-hydrogen) atoms. The summed E-state index contributed by atoms with van der Waals surface area (Å²) < 4.78 is 5.74. The molecule has 2 fully saturated rings. The predicted octanol–water partition coefficient (Wildman–Crippen LogP) is 1.71. The molecule has 2 heterocycles. The van der Waals surface area contributed by atoms with Crippen LogP contribution in [0.25, 0.3) is 0 Å². The number of nitrogens with zero attached hydrogens (tertiary/aromatic N) is 1. The standard InChI is InChI=1S/C16H28N2O3/c1-4-13-15(19)17-14(11(2)3)16(20)18(13)9-8-12-7-5-6-10-21-12/h11-14H,4-10H2,1-3H3,(H,17,19).